The second-order valence-corrected chi connectivity index (χ2v) is 8.58. The van der Waals surface area contributed by atoms with Crippen LogP contribution in [0.2, 0.25) is 0 Å². The third-order valence-corrected chi connectivity index (χ3v) is 6.49. The van der Waals surface area contributed by atoms with Gasteiger partial charge in [0.05, 0.1) is 0 Å². The van der Waals surface area contributed by atoms with Gasteiger partial charge in [0, 0.05) is 61.1 Å². The molecular formula is C20H24F2N4OS. The fraction of sp³-hybridized carbons (Fsp3) is 0.500. The van der Waals surface area contributed by atoms with Gasteiger partial charge in [-0.2, -0.15) is 16.9 Å². The van der Waals surface area contributed by atoms with E-state index < -0.39 is 11.6 Å². The maximum absolute atomic E-state index is 13.9. The van der Waals surface area contributed by atoms with Crippen LogP contribution in [-0.2, 0) is 26.4 Å². The van der Waals surface area contributed by atoms with E-state index in [-0.39, 0.29) is 18.5 Å². The summed E-state index contributed by atoms with van der Waals surface area (Å²) in [6.07, 6.45) is 2.35. The lowest BCUT2D eigenvalue weighted by atomic mass is 9.91. The standard InChI is InChI=1S/C20H24F2N4OS/c1-25-18-5-3-15(23-12-13-10-14(21)2-4-17(13)22)11-16(18)19(24-25)20(27)26-6-8-28-9-7-26/h2,4,10,15,23H,3,5-9,11-12H2,1H3/t15-/m1/s1. The number of benzene rings is 1. The average Bonchev–Trinajstić information content (AvgIpc) is 3.05. The summed E-state index contributed by atoms with van der Waals surface area (Å²) in [6, 6.07) is 3.60. The predicted molar refractivity (Wildman–Crippen MR) is 105 cm³/mol. The number of aryl methyl sites for hydroxylation is 1. The Kier molecular flexibility index (Phi) is 5.68. The van der Waals surface area contributed by atoms with E-state index in [2.05, 4.69) is 10.4 Å². The van der Waals surface area contributed by atoms with Crippen LogP contribution >= 0.6 is 11.8 Å². The third-order valence-electron chi connectivity index (χ3n) is 5.54. The van der Waals surface area contributed by atoms with Gasteiger partial charge >= 0.3 is 0 Å². The van der Waals surface area contributed by atoms with Crippen molar-refractivity contribution in [1.29, 1.82) is 0 Å². The number of amides is 1. The van der Waals surface area contributed by atoms with E-state index in [1.165, 1.54) is 6.07 Å². The van der Waals surface area contributed by atoms with Crippen LogP contribution in [0.1, 0.15) is 33.7 Å². The number of aromatic nitrogens is 2. The van der Waals surface area contributed by atoms with Crippen molar-refractivity contribution in [3.63, 3.8) is 0 Å². The molecule has 5 nitrogen and oxygen atoms in total. The largest absolute Gasteiger partial charge is 0.336 e. The van der Waals surface area contributed by atoms with Crippen molar-refractivity contribution in [2.75, 3.05) is 24.6 Å². The molecule has 0 saturated carbocycles. The summed E-state index contributed by atoms with van der Waals surface area (Å²) in [4.78, 5) is 14.9. The van der Waals surface area contributed by atoms with Crippen molar-refractivity contribution >= 4 is 17.7 Å². The monoisotopic (exact) mass is 406 g/mol. The first-order valence-electron chi connectivity index (χ1n) is 9.62. The molecular weight excluding hydrogens is 382 g/mol. The smallest absolute Gasteiger partial charge is 0.274 e. The highest BCUT2D eigenvalue weighted by molar-refractivity contribution is 7.99. The normalized spacial score (nSPS) is 19.5. The summed E-state index contributed by atoms with van der Waals surface area (Å²) < 4.78 is 29.1. The lowest BCUT2D eigenvalue weighted by molar-refractivity contribution is 0.0764. The molecule has 1 amide bonds. The van der Waals surface area contributed by atoms with E-state index in [1.54, 1.807) is 0 Å². The maximum Gasteiger partial charge on any atom is 0.274 e. The first kappa shape index (κ1) is 19.4. The molecule has 4 rings (SSSR count). The van der Waals surface area contributed by atoms with Crippen molar-refractivity contribution in [2.45, 2.75) is 31.8 Å². The fourth-order valence-electron chi connectivity index (χ4n) is 3.98. The Morgan fingerprint density at radius 2 is 2.11 bits per heavy atom. The number of thioether (sulfide) groups is 1. The summed E-state index contributed by atoms with van der Waals surface area (Å²) in [5.74, 6) is 1.08. The Hall–Kier alpha value is -1.93. The van der Waals surface area contributed by atoms with E-state index in [9.17, 15) is 13.6 Å². The molecule has 1 aliphatic carbocycles. The number of rotatable bonds is 4. The van der Waals surface area contributed by atoms with Gasteiger partial charge in [0.25, 0.3) is 5.91 Å². The minimum absolute atomic E-state index is 0.00831. The summed E-state index contributed by atoms with van der Waals surface area (Å²) in [5, 5.41) is 7.86. The van der Waals surface area contributed by atoms with Crippen LogP contribution in [0.15, 0.2) is 18.2 Å². The van der Waals surface area contributed by atoms with Crippen LogP contribution < -0.4 is 5.32 Å². The second kappa shape index (κ2) is 8.21. The molecule has 1 aromatic heterocycles. The number of halogens is 2. The van der Waals surface area contributed by atoms with Gasteiger partial charge in [0.1, 0.15) is 11.6 Å². The molecule has 2 heterocycles. The van der Waals surface area contributed by atoms with E-state index in [4.69, 9.17) is 0 Å². The van der Waals surface area contributed by atoms with Crippen molar-refractivity contribution in [2.24, 2.45) is 7.05 Å². The van der Waals surface area contributed by atoms with E-state index in [0.29, 0.717) is 17.7 Å². The summed E-state index contributed by atoms with van der Waals surface area (Å²) in [6.45, 7) is 1.78. The quantitative estimate of drug-likeness (QED) is 0.848. The van der Waals surface area contributed by atoms with Gasteiger partial charge in [-0.3, -0.25) is 9.48 Å². The zero-order chi connectivity index (χ0) is 19.7. The number of carbonyl (C=O) groups is 1. The Morgan fingerprint density at radius 1 is 1.32 bits per heavy atom. The Morgan fingerprint density at radius 3 is 2.89 bits per heavy atom. The van der Waals surface area contributed by atoms with Crippen molar-refractivity contribution in [3.05, 3.63) is 52.3 Å². The molecule has 28 heavy (non-hydrogen) atoms. The van der Waals surface area contributed by atoms with Gasteiger partial charge in [-0.25, -0.2) is 8.78 Å². The van der Waals surface area contributed by atoms with E-state index >= 15 is 0 Å². The first-order valence-corrected chi connectivity index (χ1v) is 10.8. The van der Waals surface area contributed by atoms with Gasteiger partial charge in [0.2, 0.25) is 0 Å². The number of nitrogens with zero attached hydrogens (tertiary/aromatic N) is 3. The third kappa shape index (κ3) is 3.93. The van der Waals surface area contributed by atoms with Crippen LogP contribution in [-0.4, -0.2) is 51.2 Å². The van der Waals surface area contributed by atoms with Gasteiger partial charge in [-0.1, -0.05) is 0 Å². The van der Waals surface area contributed by atoms with E-state index in [0.717, 1.165) is 60.8 Å². The zero-order valence-corrected chi connectivity index (χ0v) is 16.7. The van der Waals surface area contributed by atoms with Crippen molar-refractivity contribution in [3.8, 4) is 0 Å². The van der Waals surface area contributed by atoms with Crippen LogP contribution in [0, 0.1) is 11.6 Å². The van der Waals surface area contributed by atoms with Gasteiger partial charge in [-0.05, 0) is 37.5 Å². The van der Waals surface area contributed by atoms with Crippen molar-refractivity contribution in [1.82, 2.24) is 20.0 Å². The van der Waals surface area contributed by atoms with Crippen LogP contribution in [0.4, 0.5) is 8.78 Å². The molecule has 1 saturated heterocycles. The predicted octanol–water partition coefficient (Wildman–Crippen LogP) is 2.53. The molecule has 150 valence electrons. The van der Waals surface area contributed by atoms with Crippen LogP contribution in [0.25, 0.3) is 0 Å². The molecule has 2 aromatic rings. The molecule has 0 bridgehead atoms. The lowest BCUT2D eigenvalue weighted by Gasteiger charge is -2.27. The summed E-state index contributed by atoms with van der Waals surface area (Å²) in [7, 11) is 1.89. The topological polar surface area (TPSA) is 50.2 Å². The molecule has 1 aromatic carbocycles. The van der Waals surface area contributed by atoms with Gasteiger partial charge in [0.15, 0.2) is 5.69 Å². The highest BCUT2D eigenvalue weighted by Crippen LogP contribution is 2.26. The second-order valence-electron chi connectivity index (χ2n) is 7.36. The Balaban J connectivity index is 1.48. The molecule has 2 aliphatic rings. The molecule has 8 heteroatoms. The molecule has 0 radical (unpaired) electrons. The minimum Gasteiger partial charge on any atom is -0.336 e. The van der Waals surface area contributed by atoms with Crippen molar-refractivity contribution < 1.29 is 13.6 Å². The fourth-order valence-corrected chi connectivity index (χ4v) is 4.89. The average molecular weight is 407 g/mol. The minimum atomic E-state index is -0.441. The first-order chi connectivity index (χ1) is 13.5. The Bertz CT molecular complexity index is 879. The Labute approximate surface area is 167 Å². The highest BCUT2D eigenvalue weighted by Gasteiger charge is 2.30. The SMILES string of the molecule is Cn1nc(C(=O)N2CCSCC2)c2c1CC[C@@H](NCc1cc(F)ccc1F)C2. The number of hydrogen-bond donors (Lipinski definition) is 1. The molecule has 1 N–H and O–H groups in total. The number of fused-ring (bicyclic) bond motifs is 1. The zero-order valence-electron chi connectivity index (χ0n) is 15.9. The summed E-state index contributed by atoms with van der Waals surface area (Å²) >= 11 is 1.87. The number of nitrogens with one attached hydrogen (secondary N) is 1. The number of hydrogen-bond acceptors (Lipinski definition) is 4. The van der Waals surface area contributed by atoms with Crippen LogP contribution in [0.5, 0.6) is 0 Å². The number of carbonyl (C=O) groups excluding carboxylic acids is 1. The molecule has 0 spiro atoms. The highest BCUT2D eigenvalue weighted by atomic mass is 32.2. The lowest BCUT2D eigenvalue weighted by Crippen LogP contribution is -2.39. The maximum atomic E-state index is 13.9. The molecule has 1 aliphatic heterocycles. The molecule has 0 unspecified atom stereocenters. The molecule has 1 fully saturated rings. The van der Waals surface area contributed by atoms with Gasteiger partial charge < -0.3 is 10.2 Å². The van der Waals surface area contributed by atoms with E-state index in [1.807, 2.05) is 28.4 Å². The van der Waals surface area contributed by atoms with Gasteiger partial charge in [-0.15, -0.1) is 0 Å². The summed E-state index contributed by atoms with van der Waals surface area (Å²) in [5.41, 5.74) is 2.96. The van der Waals surface area contributed by atoms with Crippen LogP contribution in [0.3, 0.4) is 0 Å². The molecule has 1 atom stereocenters.